The van der Waals surface area contributed by atoms with E-state index in [9.17, 15) is 4.79 Å². The minimum Gasteiger partial charge on any atom is -0.494 e. The minimum absolute atomic E-state index is 0.156. The van der Waals surface area contributed by atoms with Crippen LogP contribution in [0, 0.1) is 12.8 Å². The lowest BCUT2D eigenvalue weighted by Gasteiger charge is -2.28. The van der Waals surface area contributed by atoms with Crippen molar-refractivity contribution in [3.05, 3.63) is 39.7 Å². The number of H-pyrrole nitrogens is 1. The second-order valence-electron chi connectivity index (χ2n) is 6.83. The van der Waals surface area contributed by atoms with Gasteiger partial charge >= 0.3 is 0 Å². The van der Waals surface area contributed by atoms with Crippen molar-refractivity contribution in [2.24, 2.45) is 5.92 Å². The highest BCUT2D eigenvalue weighted by Gasteiger charge is 2.22. The van der Waals surface area contributed by atoms with Crippen LogP contribution in [-0.4, -0.2) is 24.7 Å². The molecular formula is C19H27N2O2+. The summed E-state index contributed by atoms with van der Waals surface area (Å²) in [6, 6.07) is 5.72. The van der Waals surface area contributed by atoms with E-state index in [1.54, 1.807) is 0 Å². The molecule has 1 unspecified atom stereocenters. The number of likely N-dealkylation sites (tertiary alicyclic amines) is 1. The third-order valence-electron chi connectivity index (χ3n) is 4.89. The van der Waals surface area contributed by atoms with Gasteiger partial charge in [-0.05, 0) is 44.9 Å². The Morgan fingerprint density at radius 2 is 2.22 bits per heavy atom. The van der Waals surface area contributed by atoms with Crippen LogP contribution in [0.3, 0.4) is 0 Å². The van der Waals surface area contributed by atoms with E-state index in [2.05, 4.69) is 11.9 Å². The number of hydrogen-bond donors (Lipinski definition) is 2. The number of aromatic nitrogens is 1. The summed E-state index contributed by atoms with van der Waals surface area (Å²) in [4.78, 5) is 17.9. The van der Waals surface area contributed by atoms with Gasteiger partial charge in [0.15, 0.2) is 5.43 Å². The molecule has 124 valence electrons. The molecule has 0 aliphatic carbocycles. The van der Waals surface area contributed by atoms with Crippen molar-refractivity contribution >= 4 is 10.9 Å². The van der Waals surface area contributed by atoms with E-state index in [1.165, 1.54) is 24.3 Å². The molecule has 3 rings (SSSR count). The highest BCUT2D eigenvalue weighted by atomic mass is 16.5. The van der Waals surface area contributed by atoms with Crippen LogP contribution in [0.15, 0.2) is 23.0 Å². The SMILES string of the molecule is CCOc1ccc2[nH]c(C)c(C[NH+]3CCC[C@@H](C)C3)c(=O)c2c1. The number of aromatic amines is 1. The van der Waals surface area contributed by atoms with Crippen LogP contribution in [0.5, 0.6) is 5.75 Å². The van der Waals surface area contributed by atoms with E-state index in [1.807, 2.05) is 32.0 Å². The average molecular weight is 315 g/mol. The maximum absolute atomic E-state index is 13.0. The number of quaternary nitrogens is 1. The second kappa shape index (κ2) is 6.75. The molecule has 2 atom stereocenters. The number of benzene rings is 1. The number of fused-ring (bicyclic) bond motifs is 1. The van der Waals surface area contributed by atoms with Gasteiger partial charge in [0.1, 0.15) is 12.3 Å². The third-order valence-corrected chi connectivity index (χ3v) is 4.89. The first-order valence-corrected chi connectivity index (χ1v) is 8.70. The van der Waals surface area contributed by atoms with E-state index in [4.69, 9.17) is 4.74 Å². The van der Waals surface area contributed by atoms with Crippen molar-refractivity contribution < 1.29 is 9.64 Å². The molecule has 2 N–H and O–H groups in total. The van der Waals surface area contributed by atoms with Crippen molar-refractivity contribution in [3.63, 3.8) is 0 Å². The van der Waals surface area contributed by atoms with Crippen molar-refractivity contribution in [1.82, 2.24) is 4.98 Å². The topological polar surface area (TPSA) is 46.5 Å². The molecule has 1 aromatic heterocycles. The summed E-state index contributed by atoms with van der Waals surface area (Å²) >= 11 is 0. The maximum Gasteiger partial charge on any atom is 0.198 e. The van der Waals surface area contributed by atoms with Crippen LogP contribution in [0.2, 0.25) is 0 Å². The highest BCUT2D eigenvalue weighted by molar-refractivity contribution is 5.81. The highest BCUT2D eigenvalue weighted by Crippen LogP contribution is 2.18. The molecule has 0 saturated carbocycles. The fourth-order valence-corrected chi connectivity index (χ4v) is 3.71. The summed E-state index contributed by atoms with van der Waals surface area (Å²) < 4.78 is 5.55. The number of rotatable bonds is 4. The standard InChI is InChI=1S/C19H26N2O2/c1-4-23-15-7-8-18-16(10-15)19(22)17(14(3)20-18)12-21-9-5-6-13(2)11-21/h7-8,10,13H,4-6,9,11-12H2,1-3H3,(H,20,22)/p+1/t13-/m1/s1. The summed E-state index contributed by atoms with van der Waals surface area (Å²) in [5, 5.41) is 0.737. The molecule has 1 aliphatic heterocycles. The van der Waals surface area contributed by atoms with E-state index in [-0.39, 0.29) is 5.43 Å². The Labute approximate surface area is 137 Å². The van der Waals surface area contributed by atoms with Crippen LogP contribution in [0.25, 0.3) is 10.9 Å². The third kappa shape index (κ3) is 3.42. The fraction of sp³-hybridized carbons (Fsp3) is 0.526. The predicted molar refractivity (Wildman–Crippen MR) is 93.3 cm³/mol. The fourth-order valence-electron chi connectivity index (χ4n) is 3.71. The molecule has 4 nitrogen and oxygen atoms in total. The molecule has 0 radical (unpaired) electrons. The minimum atomic E-state index is 0.156. The van der Waals surface area contributed by atoms with Gasteiger partial charge in [0.2, 0.25) is 0 Å². The lowest BCUT2D eigenvalue weighted by Crippen LogP contribution is -3.12. The molecule has 1 aromatic carbocycles. The lowest BCUT2D eigenvalue weighted by molar-refractivity contribution is -0.922. The molecule has 2 heterocycles. The van der Waals surface area contributed by atoms with Gasteiger partial charge in [0.25, 0.3) is 0 Å². The van der Waals surface area contributed by atoms with Crippen molar-refractivity contribution in [1.29, 1.82) is 0 Å². The van der Waals surface area contributed by atoms with Gasteiger partial charge in [-0.25, -0.2) is 0 Å². The number of hydrogen-bond acceptors (Lipinski definition) is 2. The number of nitrogens with one attached hydrogen (secondary N) is 2. The summed E-state index contributed by atoms with van der Waals surface area (Å²) in [7, 11) is 0. The number of aryl methyl sites for hydroxylation is 1. The van der Waals surface area contributed by atoms with Gasteiger partial charge in [-0.1, -0.05) is 6.92 Å². The van der Waals surface area contributed by atoms with E-state index >= 15 is 0 Å². The van der Waals surface area contributed by atoms with Crippen molar-refractivity contribution in [2.45, 2.75) is 40.2 Å². The largest absolute Gasteiger partial charge is 0.494 e. The zero-order valence-corrected chi connectivity index (χ0v) is 14.4. The Bertz CT molecular complexity index is 751. The molecule has 1 fully saturated rings. The summed E-state index contributed by atoms with van der Waals surface area (Å²) in [6.07, 6.45) is 2.57. The smallest absolute Gasteiger partial charge is 0.198 e. The molecular weight excluding hydrogens is 288 g/mol. The normalized spacial score (nSPS) is 21.5. The van der Waals surface area contributed by atoms with Gasteiger partial charge in [0, 0.05) is 22.5 Å². The number of ether oxygens (including phenoxy) is 1. The molecule has 0 spiro atoms. The van der Waals surface area contributed by atoms with Gasteiger partial charge in [0.05, 0.1) is 25.3 Å². The Morgan fingerprint density at radius 1 is 1.39 bits per heavy atom. The van der Waals surface area contributed by atoms with Gasteiger partial charge in [-0.3, -0.25) is 4.79 Å². The Hall–Kier alpha value is -1.81. The maximum atomic E-state index is 13.0. The summed E-state index contributed by atoms with van der Waals surface area (Å²) in [5.74, 6) is 1.52. The zero-order valence-electron chi connectivity index (χ0n) is 14.4. The quantitative estimate of drug-likeness (QED) is 0.907. The molecule has 0 amide bonds. The first kappa shape index (κ1) is 16.1. The van der Waals surface area contributed by atoms with Crippen molar-refractivity contribution in [2.75, 3.05) is 19.7 Å². The first-order valence-electron chi connectivity index (χ1n) is 8.70. The Morgan fingerprint density at radius 3 is 2.96 bits per heavy atom. The van der Waals surface area contributed by atoms with Crippen LogP contribution in [0.4, 0.5) is 0 Å². The van der Waals surface area contributed by atoms with E-state index in [0.717, 1.165) is 46.9 Å². The van der Waals surface area contributed by atoms with Gasteiger partial charge < -0.3 is 14.6 Å². The number of piperidine rings is 1. The van der Waals surface area contributed by atoms with Crippen LogP contribution < -0.4 is 15.1 Å². The monoisotopic (exact) mass is 315 g/mol. The van der Waals surface area contributed by atoms with Crippen LogP contribution in [-0.2, 0) is 6.54 Å². The lowest BCUT2D eigenvalue weighted by atomic mass is 9.99. The molecule has 4 heteroatoms. The van der Waals surface area contributed by atoms with E-state index < -0.39 is 0 Å². The molecule has 1 aliphatic rings. The predicted octanol–water partition coefficient (Wildman–Crippen LogP) is 2.05. The Balaban J connectivity index is 1.97. The molecule has 0 bridgehead atoms. The second-order valence-corrected chi connectivity index (χ2v) is 6.83. The molecule has 23 heavy (non-hydrogen) atoms. The van der Waals surface area contributed by atoms with E-state index in [0.29, 0.717) is 6.61 Å². The summed E-state index contributed by atoms with van der Waals surface area (Å²) in [6.45, 7) is 10.0. The number of pyridine rings is 1. The average Bonchev–Trinajstić information content (AvgIpc) is 2.52. The van der Waals surface area contributed by atoms with Gasteiger partial charge in [-0.2, -0.15) is 0 Å². The first-order chi connectivity index (χ1) is 11.1. The zero-order chi connectivity index (χ0) is 16.4. The Kier molecular flexibility index (Phi) is 4.71. The van der Waals surface area contributed by atoms with Crippen LogP contribution >= 0.6 is 0 Å². The van der Waals surface area contributed by atoms with Crippen molar-refractivity contribution in [3.8, 4) is 5.75 Å². The molecule has 1 saturated heterocycles. The van der Waals surface area contributed by atoms with Gasteiger partial charge in [-0.15, -0.1) is 0 Å². The summed E-state index contributed by atoms with van der Waals surface area (Å²) in [5.41, 5.74) is 2.97. The van der Waals surface area contributed by atoms with Crippen LogP contribution in [0.1, 0.15) is 37.9 Å². The molecule has 2 aromatic rings.